The Labute approximate surface area is 504 Å². The first-order valence-electron chi connectivity index (χ1n) is 35.7. The molecule has 10 heteroatoms. The van der Waals surface area contributed by atoms with E-state index in [4.69, 9.17) is 13.8 Å². The van der Waals surface area contributed by atoms with Crippen LogP contribution < -0.4 is 5.32 Å². The average Bonchev–Trinajstić information content (AvgIpc) is 3.44. The number of hydrogen-bond donors (Lipinski definition) is 2. The van der Waals surface area contributed by atoms with E-state index in [1.807, 2.05) is 33.3 Å². The first-order valence-corrected chi connectivity index (χ1v) is 37.2. The molecule has 3 unspecified atom stereocenters. The Morgan fingerprint density at radius 1 is 0.420 bits per heavy atom. The molecule has 81 heavy (non-hydrogen) atoms. The van der Waals surface area contributed by atoms with Crippen LogP contribution in [0.3, 0.4) is 0 Å². The lowest BCUT2D eigenvalue weighted by Gasteiger charge is -2.27. The van der Waals surface area contributed by atoms with Crippen molar-refractivity contribution in [3.63, 3.8) is 0 Å². The molecule has 0 aliphatic rings. The van der Waals surface area contributed by atoms with E-state index in [0.29, 0.717) is 23.9 Å². The molecule has 0 saturated heterocycles. The summed E-state index contributed by atoms with van der Waals surface area (Å²) in [4.78, 5) is 37.8. The molecule has 1 amide bonds. The van der Waals surface area contributed by atoms with Crippen LogP contribution in [0.1, 0.15) is 367 Å². The quantitative estimate of drug-likeness (QED) is 0.0205. The number of hydrogen-bond acceptors (Lipinski definition) is 6. The summed E-state index contributed by atoms with van der Waals surface area (Å²) in [5.41, 5.74) is 0. The van der Waals surface area contributed by atoms with Crippen LogP contribution in [0.2, 0.25) is 0 Å². The predicted octanol–water partition coefficient (Wildman–Crippen LogP) is 22.5. The Morgan fingerprint density at radius 2 is 0.716 bits per heavy atom. The highest BCUT2D eigenvalue weighted by Crippen LogP contribution is 2.43. The van der Waals surface area contributed by atoms with Crippen LogP contribution in [0.4, 0.5) is 0 Å². The molecule has 0 aromatic heterocycles. The maximum atomic E-state index is 13.6. The van der Waals surface area contributed by atoms with Crippen LogP contribution in [0.5, 0.6) is 0 Å². The fourth-order valence-electron chi connectivity index (χ4n) is 10.9. The summed E-state index contributed by atoms with van der Waals surface area (Å²) in [7, 11) is 1.51. The van der Waals surface area contributed by atoms with E-state index in [1.54, 1.807) is 0 Å². The number of ether oxygens (including phenoxy) is 1. The SMILES string of the molecule is CCCCCCCC/C=C/CCCCCCCCCC(=O)NC(COP(=O)(O)OCC[N+](C)(C)C)C(/C=C\CCCCCCCCCCC)OC(=O)CCCCCCCCCCCCCCCCCCCCCCCCCCCCC. The van der Waals surface area contributed by atoms with E-state index in [0.717, 1.165) is 57.8 Å². The molecule has 0 heterocycles. The second kappa shape index (κ2) is 61.6. The van der Waals surface area contributed by atoms with E-state index in [-0.39, 0.29) is 25.1 Å². The standard InChI is InChI=1S/C71H139N2O7P/c1-7-10-13-16-19-22-25-27-29-31-32-33-34-35-36-37-38-39-40-42-44-46-49-52-55-58-61-64-71(75)80-69(62-59-56-53-50-47-24-21-18-15-12-9-3)68(67-79-81(76,77)78-66-65-73(4,5)6)72-70(74)63-60-57-54-51-48-45-43-41-30-28-26-23-20-17-14-11-8-2/h28,30,59,62,68-69H,7-27,29,31-58,60-61,63-67H2,1-6H3,(H-,72,74,76,77)/p+1/b30-28+,62-59-. The molecule has 0 rings (SSSR count). The summed E-state index contributed by atoms with van der Waals surface area (Å²) >= 11 is 0. The van der Waals surface area contributed by atoms with Gasteiger partial charge in [-0.3, -0.25) is 18.6 Å². The number of carbonyl (C=O) groups is 2. The van der Waals surface area contributed by atoms with Gasteiger partial charge in [0.15, 0.2) is 0 Å². The fourth-order valence-corrected chi connectivity index (χ4v) is 11.6. The number of nitrogens with zero attached hydrogens (tertiary/aromatic N) is 1. The van der Waals surface area contributed by atoms with Crippen LogP contribution in [-0.2, 0) is 27.9 Å². The first-order chi connectivity index (χ1) is 39.4. The minimum atomic E-state index is -4.45. The van der Waals surface area contributed by atoms with Gasteiger partial charge >= 0.3 is 13.8 Å². The van der Waals surface area contributed by atoms with Gasteiger partial charge in [0.05, 0.1) is 33.8 Å². The van der Waals surface area contributed by atoms with Gasteiger partial charge in [-0.1, -0.05) is 322 Å². The Bertz CT molecular complexity index is 1430. The Kier molecular flexibility index (Phi) is 60.4. The number of allylic oxidation sites excluding steroid dienone is 3. The molecule has 0 saturated carbocycles. The summed E-state index contributed by atoms with van der Waals surface area (Å²) in [6.07, 6.45) is 74.9. The highest BCUT2D eigenvalue weighted by molar-refractivity contribution is 7.47. The van der Waals surface area contributed by atoms with E-state index >= 15 is 0 Å². The number of nitrogens with one attached hydrogen (secondary N) is 1. The molecule has 0 spiro atoms. The summed E-state index contributed by atoms with van der Waals surface area (Å²) in [6, 6.07) is -0.845. The maximum Gasteiger partial charge on any atom is 0.472 e. The van der Waals surface area contributed by atoms with Crippen molar-refractivity contribution in [1.82, 2.24) is 5.32 Å². The molecule has 3 atom stereocenters. The lowest BCUT2D eigenvalue weighted by Crippen LogP contribution is -2.47. The normalized spacial score (nSPS) is 13.6. The van der Waals surface area contributed by atoms with Gasteiger partial charge in [0.25, 0.3) is 0 Å². The minimum Gasteiger partial charge on any atom is -0.456 e. The smallest absolute Gasteiger partial charge is 0.456 e. The third-order valence-electron chi connectivity index (χ3n) is 16.4. The number of phosphoric ester groups is 1. The van der Waals surface area contributed by atoms with Gasteiger partial charge in [-0.15, -0.1) is 0 Å². The van der Waals surface area contributed by atoms with Crippen LogP contribution in [0.15, 0.2) is 24.3 Å². The molecule has 0 aliphatic carbocycles. The van der Waals surface area contributed by atoms with Crippen LogP contribution in [0, 0.1) is 0 Å². The average molecular weight is 1160 g/mol. The highest BCUT2D eigenvalue weighted by atomic mass is 31.2. The zero-order valence-electron chi connectivity index (χ0n) is 55.1. The second-order valence-corrected chi connectivity index (χ2v) is 27.2. The molecule has 9 nitrogen and oxygen atoms in total. The van der Waals surface area contributed by atoms with Crippen LogP contribution in [-0.4, -0.2) is 74.3 Å². The molecule has 480 valence electrons. The van der Waals surface area contributed by atoms with Gasteiger partial charge in [-0.2, -0.15) is 0 Å². The van der Waals surface area contributed by atoms with Crippen molar-refractivity contribution < 1.29 is 37.3 Å². The number of carbonyl (C=O) groups excluding carboxylic acids is 2. The molecular weight excluding hydrogens is 1020 g/mol. The van der Waals surface area contributed by atoms with Gasteiger partial charge in [0, 0.05) is 12.8 Å². The fraction of sp³-hybridized carbons (Fsp3) is 0.915. The van der Waals surface area contributed by atoms with Crippen molar-refractivity contribution in [2.45, 2.75) is 380 Å². The highest BCUT2D eigenvalue weighted by Gasteiger charge is 2.30. The molecule has 0 radical (unpaired) electrons. The van der Waals surface area contributed by atoms with Crippen molar-refractivity contribution in [3.05, 3.63) is 24.3 Å². The van der Waals surface area contributed by atoms with Gasteiger partial charge < -0.3 is 19.4 Å². The van der Waals surface area contributed by atoms with Gasteiger partial charge in [-0.05, 0) is 57.4 Å². The number of likely N-dealkylation sites (N-methyl/N-ethyl adjacent to an activating group) is 1. The van der Waals surface area contributed by atoms with E-state index in [2.05, 4.69) is 38.2 Å². The lowest BCUT2D eigenvalue weighted by molar-refractivity contribution is -0.870. The molecule has 2 N–H and O–H groups in total. The summed E-state index contributed by atoms with van der Waals surface area (Å²) in [5.74, 6) is -0.490. The Hall–Kier alpha value is -1.51. The number of amides is 1. The van der Waals surface area contributed by atoms with E-state index in [1.165, 1.54) is 276 Å². The first kappa shape index (κ1) is 79.5. The summed E-state index contributed by atoms with van der Waals surface area (Å²) in [5, 5.41) is 3.07. The predicted molar refractivity (Wildman–Crippen MR) is 351 cm³/mol. The summed E-state index contributed by atoms with van der Waals surface area (Å²) in [6.45, 7) is 7.06. The lowest BCUT2D eigenvalue weighted by atomic mass is 10.0. The molecule has 0 bridgehead atoms. The number of rotatable bonds is 66. The maximum absolute atomic E-state index is 13.6. The molecule has 0 fully saturated rings. The zero-order chi connectivity index (χ0) is 59.3. The Balaban J connectivity index is 4.93. The third-order valence-corrected chi connectivity index (χ3v) is 17.4. The third kappa shape index (κ3) is 62.8. The zero-order valence-corrected chi connectivity index (χ0v) is 56.0. The number of unbranched alkanes of at least 4 members (excludes halogenated alkanes) is 48. The van der Waals surface area contributed by atoms with Crippen molar-refractivity contribution in [3.8, 4) is 0 Å². The molecular formula is C71H140N2O7P+. The van der Waals surface area contributed by atoms with E-state index in [9.17, 15) is 19.0 Å². The van der Waals surface area contributed by atoms with Gasteiger partial charge in [0.2, 0.25) is 5.91 Å². The second-order valence-electron chi connectivity index (χ2n) is 25.8. The van der Waals surface area contributed by atoms with Crippen LogP contribution in [0.25, 0.3) is 0 Å². The summed E-state index contributed by atoms with van der Waals surface area (Å²) < 4.78 is 30.8. The topological polar surface area (TPSA) is 111 Å². The van der Waals surface area contributed by atoms with Crippen molar-refractivity contribution in [2.75, 3.05) is 40.9 Å². The minimum absolute atomic E-state index is 0.0430. The van der Waals surface area contributed by atoms with Crippen molar-refractivity contribution in [2.24, 2.45) is 0 Å². The Morgan fingerprint density at radius 3 is 1.05 bits per heavy atom. The monoisotopic (exact) mass is 1160 g/mol. The number of quaternary nitrogens is 1. The largest absolute Gasteiger partial charge is 0.472 e. The van der Waals surface area contributed by atoms with Crippen molar-refractivity contribution >= 4 is 19.7 Å². The van der Waals surface area contributed by atoms with Crippen molar-refractivity contribution in [1.29, 1.82) is 0 Å². The number of phosphoric acid groups is 1. The molecule has 0 aliphatic heterocycles. The molecule has 0 aromatic carbocycles. The number of esters is 1. The molecule has 0 aromatic rings. The van der Waals surface area contributed by atoms with Gasteiger partial charge in [-0.25, -0.2) is 4.57 Å². The van der Waals surface area contributed by atoms with Crippen LogP contribution >= 0.6 is 7.82 Å². The van der Waals surface area contributed by atoms with E-state index < -0.39 is 20.0 Å². The van der Waals surface area contributed by atoms with Gasteiger partial charge in [0.1, 0.15) is 19.3 Å².